The molecule has 4 nitrogen and oxygen atoms in total. The van der Waals surface area contributed by atoms with Crippen molar-refractivity contribution in [2.24, 2.45) is 0 Å². The number of nitrogens with one attached hydrogen (secondary N) is 1. The van der Waals surface area contributed by atoms with E-state index in [1.807, 2.05) is 0 Å². The molecule has 0 bridgehead atoms. The van der Waals surface area contributed by atoms with Gasteiger partial charge >= 0.3 is 0 Å². The summed E-state index contributed by atoms with van der Waals surface area (Å²) >= 11 is 2.93. The molecule has 1 aromatic rings. The molecule has 0 fully saturated rings. The summed E-state index contributed by atoms with van der Waals surface area (Å²) in [6, 6.07) is 2.13. The predicted molar refractivity (Wildman–Crippen MR) is 68.6 cm³/mol. The molecular weight excluding hydrogens is 311 g/mol. The third-order valence-electron chi connectivity index (χ3n) is 1.78. The van der Waals surface area contributed by atoms with E-state index in [-0.39, 0.29) is 15.1 Å². The third kappa shape index (κ3) is 3.65. The van der Waals surface area contributed by atoms with Gasteiger partial charge in [-0.2, -0.15) is 0 Å². The van der Waals surface area contributed by atoms with Crippen molar-refractivity contribution in [1.29, 1.82) is 0 Å². The van der Waals surface area contributed by atoms with Crippen molar-refractivity contribution in [3.8, 4) is 0 Å². The van der Waals surface area contributed by atoms with E-state index in [9.17, 15) is 12.8 Å². The Hall–Kier alpha value is -0.660. The van der Waals surface area contributed by atoms with Crippen LogP contribution in [0.2, 0.25) is 0 Å². The second-order valence-electron chi connectivity index (χ2n) is 4.66. The maximum Gasteiger partial charge on any atom is 0.243 e. The van der Waals surface area contributed by atoms with Gasteiger partial charge in [0.2, 0.25) is 10.0 Å². The van der Waals surface area contributed by atoms with Crippen LogP contribution < -0.4 is 10.5 Å². The molecular formula is C10H14BrFN2O2S. The number of rotatable bonds is 2. The lowest BCUT2D eigenvalue weighted by molar-refractivity contribution is 0.491. The molecule has 0 heterocycles. The zero-order valence-electron chi connectivity index (χ0n) is 9.71. The van der Waals surface area contributed by atoms with Crippen LogP contribution in [0.5, 0.6) is 0 Å². The van der Waals surface area contributed by atoms with E-state index < -0.39 is 21.4 Å². The van der Waals surface area contributed by atoms with Crippen molar-refractivity contribution in [1.82, 2.24) is 4.72 Å². The first-order valence-electron chi connectivity index (χ1n) is 4.81. The van der Waals surface area contributed by atoms with Crippen LogP contribution in [-0.2, 0) is 10.0 Å². The van der Waals surface area contributed by atoms with Crippen molar-refractivity contribution in [2.45, 2.75) is 31.2 Å². The van der Waals surface area contributed by atoms with Crippen LogP contribution in [0.1, 0.15) is 20.8 Å². The topological polar surface area (TPSA) is 72.2 Å². The molecule has 0 saturated heterocycles. The Morgan fingerprint density at radius 1 is 1.35 bits per heavy atom. The van der Waals surface area contributed by atoms with E-state index in [4.69, 9.17) is 5.73 Å². The molecule has 96 valence electrons. The highest BCUT2D eigenvalue weighted by Crippen LogP contribution is 2.26. The predicted octanol–water partition coefficient (Wildman–Crippen LogP) is 2.25. The minimum absolute atomic E-state index is 0.0565. The van der Waals surface area contributed by atoms with Crippen LogP contribution in [0.3, 0.4) is 0 Å². The molecule has 1 aromatic carbocycles. The normalized spacial score (nSPS) is 12.8. The van der Waals surface area contributed by atoms with Crippen LogP contribution in [-0.4, -0.2) is 14.0 Å². The number of hydrogen-bond donors (Lipinski definition) is 2. The SMILES string of the molecule is CC(C)(C)NS(=O)(=O)c1cc(Br)c(F)cc1N. The maximum atomic E-state index is 13.1. The highest BCUT2D eigenvalue weighted by Gasteiger charge is 2.25. The number of benzene rings is 1. The first kappa shape index (κ1) is 14.4. The van der Waals surface area contributed by atoms with E-state index in [0.29, 0.717) is 0 Å². The van der Waals surface area contributed by atoms with Gasteiger partial charge in [-0.25, -0.2) is 17.5 Å². The van der Waals surface area contributed by atoms with E-state index in [1.165, 1.54) is 0 Å². The molecule has 3 N–H and O–H groups in total. The summed E-state index contributed by atoms with van der Waals surface area (Å²) in [5.41, 5.74) is 4.76. The Kier molecular flexibility index (Phi) is 3.85. The monoisotopic (exact) mass is 324 g/mol. The van der Waals surface area contributed by atoms with Gasteiger partial charge < -0.3 is 5.73 Å². The number of halogens is 2. The van der Waals surface area contributed by atoms with Crippen molar-refractivity contribution in [2.75, 3.05) is 5.73 Å². The molecule has 0 atom stereocenters. The smallest absolute Gasteiger partial charge is 0.243 e. The van der Waals surface area contributed by atoms with Crippen molar-refractivity contribution >= 4 is 31.6 Å². The van der Waals surface area contributed by atoms with Gasteiger partial charge in [0.1, 0.15) is 10.7 Å². The lowest BCUT2D eigenvalue weighted by Crippen LogP contribution is -2.40. The Morgan fingerprint density at radius 3 is 2.35 bits per heavy atom. The fraction of sp³-hybridized carbons (Fsp3) is 0.400. The standard InChI is InChI=1S/C10H14BrFN2O2S/c1-10(2,3)14-17(15,16)9-4-6(11)7(12)5-8(9)13/h4-5,14H,13H2,1-3H3. The number of anilines is 1. The summed E-state index contributed by atoms with van der Waals surface area (Å²) in [6.07, 6.45) is 0. The first-order valence-corrected chi connectivity index (χ1v) is 7.09. The van der Waals surface area contributed by atoms with Crippen LogP contribution in [0.4, 0.5) is 10.1 Å². The number of nitrogens with two attached hydrogens (primary N) is 1. The second-order valence-corrected chi connectivity index (χ2v) is 7.16. The van der Waals surface area contributed by atoms with Crippen molar-refractivity contribution in [3.63, 3.8) is 0 Å². The van der Waals surface area contributed by atoms with Crippen LogP contribution in [0.25, 0.3) is 0 Å². The van der Waals surface area contributed by atoms with Crippen LogP contribution in [0, 0.1) is 5.82 Å². The molecule has 0 saturated carbocycles. The van der Waals surface area contributed by atoms with Gasteiger partial charge in [0.15, 0.2) is 0 Å². The second kappa shape index (κ2) is 4.55. The average Bonchev–Trinajstić information content (AvgIpc) is 2.06. The highest BCUT2D eigenvalue weighted by molar-refractivity contribution is 9.10. The summed E-state index contributed by atoms with van der Waals surface area (Å²) < 4.78 is 39.6. The molecule has 1 rings (SSSR count). The van der Waals surface area contributed by atoms with Crippen molar-refractivity contribution in [3.05, 3.63) is 22.4 Å². The van der Waals surface area contributed by atoms with Gasteiger partial charge in [0.25, 0.3) is 0 Å². The quantitative estimate of drug-likeness (QED) is 0.819. The van der Waals surface area contributed by atoms with E-state index in [0.717, 1.165) is 12.1 Å². The Labute approximate surface area is 109 Å². The van der Waals surface area contributed by atoms with Gasteiger partial charge in [-0.15, -0.1) is 0 Å². The van der Waals surface area contributed by atoms with E-state index >= 15 is 0 Å². The zero-order chi connectivity index (χ0) is 13.4. The molecule has 0 unspecified atom stereocenters. The molecule has 0 aliphatic heterocycles. The Balaban J connectivity index is 3.30. The third-order valence-corrected chi connectivity index (χ3v) is 4.20. The fourth-order valence-corrected chi connectivity index (χ4v) is 3.29. The molecule has 0 radical (unpaired) electrons. The first-order chi connectivity index (χ1) is 7.53. The van der Waals surface area contributed by atoms with Crippen LogP contribution >= 0.6 is 15.9 Å². The molecule has 0 aliphatic rings. The summed E-state index contributed by atoms with van der Waals surface area (Å²) in [7, 11) is -3.76. The Bertz CT molecular complexity index is 538. The molecule has 0 spiro atoms. The minimum atomic E-state index is -3.76. The summed E-state index contributed by atoms with van der Waals surface area (Å²) in [5.74, 6) is -0.600. The molecule has 0 aliphatic carbocycles. The summed E-state index contributed by atoms with van der Waals surface area (Å²) in [4.78, 5) is -0.138. The Morgan fingerprint density at radius 2 is 1.88 bits per heavy atom. The van der Waals surface area contributed by atoms with E-state index in [2.05, 4.69) is 20.7 Å². The van der Waals surface area contributed by atoms with Gasteiger partial charge in [0.05, 0.1) is 10.2 Å². The molecule has 0 aromatic heterocycles. The maximum absolute atomic E-state index is 13.1. The average molecular weight is 325 g/mol. The molecule has 7 heteroatoms. The highest BCUT2D eigenvalue weighted by atomic mass is 79.9. The largest absolute Gasteiger partial charge is 0.398 e. The van der Waals surface area contributed by atoms with Gasteiger partial charge in [0, 0.05) is 5.54 Å². The number of nitrogen functional groups attached to an aromatic ring is 1. The molecule has 0 amide bonds. The minimum Gasteiger partial charge on any atom is -0.398 e. The lowest BCUT2D eigenvalue weighted by Gasteiger charge is -2.21. The zero-order valence-corrected chi connectivity index (χ0v) is 12.1. The summed E-state index contributed by atoms with van der Waals surface area (Å²) in [6.45, 7) is 5.12. The van der Waals surface area contributed by atoms with Gasteiger partial charge in [-0.05, 0) is 48.8 Å². The van der Waals surface area contributed by atoms with Gasteiger partial charge in [-0.3, -0.25) is 0 Å². The van der Waals surface area contributed by atoms with Crippen LogP contribution in [0.15, 0.2) is 21.5 Å². The number of sulfonamides is 1. The van der Waals surface area contributed by atoms with E-state index in [1.54, 1.807) is 20.8 Å². The molecule has 17 heavy (non-hydrogen) atoms. The fourth-order valence-electron chi connectivity index (χ4n) is 1.23. The van der Waals surface area contributed by atoms with Gasteiger partial charge in [-0.1, -0.05) is 0 Å². The van der Waals surface area contributed by atoms with Crippen molar-refractivity contribution < 1.29 is 12.8 Å². The lowest BCUT2D eigenvalue weighted by atomic mass is 10.1. The number of hydrogen-bond acceptors (Lipinski definition) is 3. The summed E-state index contributed by atoms with van der Waals surface area (Å²) in [5, 5.41) is 0.